The molecular formula is C23H19FN6O2. The van der Waals surface area contributed by atoms with Gasteiger partial charge in [0.1, 0.15) is 11.8 Å². The first-order valence-corrected chi connectivity index (χ1v) is 10.3. The molecule has 1 N–H and O–H groups in total. The molecule has 0 aliphatic carbocycles. The third-order valence-electron chi connectivity index (χ3n) is 6.13. The van der Waals surface area contributed by atoms with Crippen LogP contribution in [0.25, 0.3) is 28.1 Å². The predicted octanol–water partition coefficient (Wildman–Crippen LogP) is 3.59. The second-order valence-electron chi connectivity index (χ2n) is 8.06. The zero-order valence-corrected chi connectivity index (χ0v) is 17.5. The van der Waals surface area contributed by atoms with Crippen LogP contribution in [-0.2, 0) is 0 Å². The number of H-pyrrole nitrogens is 1. The molecular weight excluding hydrogens is 411 g/mol. The van der Waals surface area contributed by atoms with Gasteiger partial charge in [0.05, 0.1) is 29.9 Å². The van der Waals surface area contributed by atoms with Crippen molar-refractivity contribution in [1.29, 1.82) is 0 Å². The molecule has 1 atom stereocenters. The first-order chi connectivity index (χ1) is 15.5. The fourth-order valence-corrected chi connectivity index (χ4v) is 4.37. The molecule has 2 aromatic carbocycles. The number of nitrogens with one attached hydrogen (secondary N) is 1. The smallest absolute Gasteiger partial charge is 0.328 e. The number of benzene rings is 2. The van der Waals surface area contributed by atoms with E-state index < -0.39 is 11.9 Å². The van der Waals surface area contributed by atoms with Crippen molar-refractivity contribution in [1.82, 2.24) is 29.1 Å². The lowest BCUT2D eigenvalue weighted by Gasteiger charge is -2.26. The van der Waals surface area contributed by atoms with Crippen LogP contribution in [0.2, 0.25) is 0 Å². The van der Waals surface area contributed by atoms with Gasteiger partial charge in [0.25, 0.3) is 0 Å². The number of aromatic amines is 1. The van der Waals surface area contributed by atoms with Gasteiger partial charge in [0.2, 0.25) is 5.95 Å². The molecule has 0 amide bonds. The molecule has 32 heavy (non-hydrogen) atoms. The Morgan fingerprint density at radius 2 is 2.03 bits per heavy atom. The molecule has 4 heterocycles. The molecule has 1 aliphatic heterocycles. The summed E-state index contributed by atoms with van der Waals surface area (Å²) in [6.07, 6.45) is 3.79. The van der Waals surface area contributed by atoms with E-state index in [1.54, 1.807) is 33.8 Å². The number of hydrogen-bond acceptors (Lipinski definition) is 5. The first-order valence-electron chi connectivity index (χ1n) is 10.3. The zero-order valence-electron chi connectivity index (χ0n) is 17.5. The van der Waals surface area contributed by atoms with Crippen LogP contribution >= 0.6 is 0 Å². The molecule has 6 rings (SSSR count). The fraction of sp³-hybridized carbons (Fsp3) is 0.217. The Kier molecular flexibility index (Phi) is 3.95. The van der Waals surface area contributed by atoms with E-state index in [2.05, 4.69) is 15.0 Å². The van der Waals surface area contributed by atoms with Crippen LogP contribution in [0.1, 0.15) is 29.2 Å². The summed E-state index contributed by atoms with van der Waals surface area (Å²) in [5, 5.41) is 0. The van der Waals surface area contributed by atoms with Crippen molar-refractivity contribution >= 4 is 22.2 Å². The largest absolute Gasteiger partial charge is 0.490 e. The molecule has 0 unspecified atom stereocenters. The number of para-hydroxylation sites is 1. The van der Waals surface area contributed by atoms with E-state index >= 15 is 0 Å². The van der Waals surface area contributed by atoms with E-state index in [1.807, 2.05) is 26.0 Å². The second kappa shape index (κ2) is 6.74. The molecule has 0 saturated heterocycles. The Morgan fingerprint density at radius 1 is 1.19 bits per heavy atom. The second-order valence-corrected chi connectivity index (χ2v) is 8.06. The number of aromatic nitrogens is 6. The fourth-order valence-electron chi connectivity index (χ4n) is 4.37. The van der Waals surface area contributed by atoms with E-state index in [0.717, 1.165) is 22.2 Å². The quantitative estimate of drug-likeness (QED) is 0.462. The van der Waals surface area contributed by atoms with Crippen molar-refractivity contribution in [3.8, 4) is 11.7 Å². The summed E-state index contributed by atoms with van der Waals surface area (Å²) in [5.74, 6) is 0.152. The monoisotopic (exact) mass is 430 g/mol. The van der Waals surface area contributed by atoms with Crippen molar-refractivity contribution in [2.24, 2.45) is 0 Å². The maximum atomic E-state index is 14.3. The standard InChI is InChI=1S/C23H19FN6O2/c1-12-8-16-19(9-13(12)2)29(11-26-16)22-25-10-17-21(28-22)30(23(31)27-17)18-6-7-32-20-14(18)4-3-5-15(20)24/h3-5,8-11,18H,6-7H2,1-2H3,(H,27,31)/t18-/m1/s1. The number of imidazole rings is 2. The topological polar surface area (TPSA) is 90.6 Å². The summed E-state index contributed by atoms with van der Waals surface area (Å²) in [4.78, 5) is 29.4. The lowest BCUT2D eigenvalue weighted by molar-refractivity contribution is 0.244. The number of fused-ring (bicyclic) bond motifs is 3. The molecule has 0 bridgehead atoms. The van der Waals surface area contributed by atoms with Crippen LogP contribution in [0.3, 0.4) is 0 Å². The van der Waals surface area contributed by atoms with E-state index in [-0.39, 0.29) is 11.4 Å². The molecule has 5 aromatic rings. The number of ether oxygens (including phenoxy) is 1. The molecule has 0 saturated carbocycles. The van der Waals surface area contributed by atoms with Crippen molar-refractivity contribution < 1.29 is 9.13 Å². The summed E-state index contributed by atoms with van der Waals surface area (Å²) in [5.41, 5.74) is 5.29. The highest BCUT2D eigenvalue weighted by molar-refractivity contribution is 5.79. The van der Waals surface area contributed by atoms with Crippen LogP contribution in [0.15, 0.2) is 47.7 Å². The van der Waals surface area contributed by atoms with E-state index in [0.29, 0.717) is 35.7 Å². The van der Waals surface area contributed by atoms with Crippen molar-refractivity contribution in [2.45, 2.75) is 26.3 Å². The van der Waals surface area contributed by atoms with Gasteiger partial charge < -0.3 is 9.72 Å². The highest BCUT2D eigenvalue weighted by Gasteiger charge is 2.28. The number of hydrogen-bond donors (Lipinski definition) is 1. The van der Waals surface area contributed by atoms with E-state index in [1.165, 1.54) is 6.07 Å². The van der Waals surface area contributed by atoms with Crippen molar-refractivity contribution in [2.75, 3.05) is 6.61 Å². The molecule has 160 valence electrons. The highest BCUT2D eigenvalue weighted by atomic mass is 19.1. The van der Waals surface area contributed by atoms with Gasteiger partial charge in [-0.1, -0.05) is 12.1 Å². The predicted molar refractivity (Wildman–Crippen MR) is 117 cm³/mol. The molecule has 3 aromatic heterocycles. The summed E-state index contributed by atoms with van der Waals surface area (Å²) in [6, 6.07) is 8.44. The van der Waals surface area contributed by atoms with Crippen LogP contribution < -0.4 is 10.4 Å². The Balaban J connectivity index is 1.55. The number of rotatable bonds is 2. The number of nitrogens with zero attached hydrogens (tertiary/aromatic N) is 5. The maximum absolute atomic E-state index is 14.3. The molecule has 8 nitrogen and oxygen atoms in total. The Morgan fingerprint density at radius 3 is 2.91 bits per heavy atom. The minimum Gasteiger partial charge on any atom is -0.490 e. The maximum Gasteiger partial charge on any atom is 0.328 e. The average Bonchev–Trinajstić information content (AvgIpc) is 3.33. The lowest BCUT2D eigenvalue weighted by atomic mass is 10.00. The number of halogens is 1. The Labute approximate surface area is 181 Å². The average molecular weight is 430 g/mol. The van der Waals surface area contributed by atoms with E-state index in [9.17, 15) is 9.18 Å². The van der Waals surface area contributed by atoms with Gasteiger partial charge in [0, 0.05) is 12.0 Å². The zero-order chi connectivity index (χ0) is 22.0. The van der Waals surface area contributed by atoms with Crippen LogP contribution in [0.4, 0.5) is 4.39 Å². The van der Waals surface area contributed by atoms with E-state index in [4.69, 9.17) is 9.72 Å². The van der Waals surface area contributed by atoms with Crippen LogP contribution in [-0.4, -0.2) is 35.7 Å². The first kappa shape index (κ1) is 18.7. The van der Waals surface area contributed by atoms with Gasteiger partial charge in [-0.3, -0.25) is 9.13 Å². The van der Waals surface area contributed by atoms with Crippen LogP contribution in [0, 0.1) is 19.7 Å². The normalized spacial score (nSPS) is 15.8. The number of aryl methyl sites for hydroxylation is 2. The Hall–Kier alpha value is -4.01. The van der Waals surface area contributed by atoms with Crippen molar-refractivity contribution in [3.63, 3.8) is 0 Å². The third kappa shape index (κ3) is 2.67. The summed E-state index contributed by atoms with van der Waals surface area (Å²) < 4.78 is 23.2. The van der Waals surface area contributed by atoms with Gasteiger partial charge in [-0.05, 0) is 43.2 Å². The minimum absolute atomic E-state index is 0.186. The van der Waals surface area contributed by atoms with Gasteiger partial charge in [0.15, 0.2) is 17.2 Å². The SMILES string of the molecule is Cc1cc2ncn(-c3ncc4[nH]c(=O)n([C@@H]5CCOc6c(F)cccc65)c4n3)c2cc1C. The van der Waals surface area contributed by atoms with Gasteiger partial charge in [-0.15, -0.1) is 0 Å². The molecule has 0 radical (unpaired) electrons. The molecule has 1 aliphatic rings. The lowest BCUT2D eigenvalue weighted by Crippen LogP contribution is -2.28. The molecule has 0 fully saturated rings. The van der Waals surface area contributed by atoms with Gasteiger partial charge in [-0.2, -0.15) is 4.98 Å². The Bertz CT molecular complexity index is 1580. The summed E-state index contributed by atoms with van der Waals surface area (Å²) >= 11 is 0. The highest BCUT2D eigenvalue weighted by Crippen LogP contribution is 2.36. The van der Waals surface area contributed by atoms with Gasteiger partial charge in [-0.25, -0.2) is 19.2 Å². The van der Waals surface area contributed by atoms with Gasteiger partial charge >= 0.3 is 5.69 Å². The molecule has 0 spiro atoms. The van der Waals surface area contributed by atoms with Crippen LogP contribution in [0.5, 0.6) is 5.75 Å². The summed E-state index contributed by atoms with van der Waals surface area (Å²) in [6.45, 7) is 4.39. The summed E-state index contributed by atoms with van der Waals surface area (Å²) in [7, 11) is 0. The van der Waals surface area contributed by atoms with Crippen molar-refractivity contribution in [3.05, 3.63) is 75.8 Å². The minimum atomic E-state index is -0.439. The molecule has 9 heteroatoms. The third-order valence-corrected chi connectivity index (χ3v) is 6.13.